The second-order valence-corrected chi connectivity index (χ2v) is 5.89. The average Bonchev–Trinajstić information content (AvgIpc) is 2.59. The van der Waals surface area contributed by atoms with Gasteiger partial charge in [-0.25, -0.2) is 4.39 Å². The number of hydrogen-bond donors (Lipinski definition) is 1. The minimum absolute atomic E-state index is 0.0811. The van der Waals surface area contributed by atoms with Crippen LogP contribution < -0.4 is 9.47 Å². The van der Waals surface area contributed by atoms with E-state index < -0.39 is 17.4 Å². The van der Waals surface area contributed by atoms with Crippen molar-refractivity contribution >= 4 is 5.91 Å². The summed E-state index contributed by atoms with van der Waals surface area (Å²) in [6.45, 7) is -0.111. The Kier molecular flexibility index (Phi) is 5.68. The molecule has 0 spiro atoms. The Morgan fingerprint density at radius 2 is 2.08 bits per heavy atom. The standard InChI is InChI=1S/C18H22FNO4/c1-4-10-24-16-14(19)11-13(12-15(16)23-3)17(21)20(2)18(22)8-6-5-7-9-18/h1,11-12,22H,5-10H2,2-3H3. The Labute approximate surface area is 141 Å². The topological polar surface area (TPSA) is 59.0 Å². The zero-order valence-corrected chi connectivity index (χ0v) is 14.0. The van der Waals surface area contributed by atoms with Gasteiger partial charge in [0, 0.05) is 12.6 Å². The van der Waals surface area contributed by atoms with Crippen LogP contribution in [0.4, 0.5) is 4.39 Å². The Morgan fingerprint density at radius 3 is 2.67 bits per heavy atom. The van der Waals surface area contributed by atoms with Crippen molar-refractivity contribution < 1.29 is 23.8 Å². The van der Waals surface area contributed by atoms with Gasteiger partial charge in [0.25, 0.3) is 5.91 Å². The largest absolute Gasteiger partial charge is 0.493 e. The summed E-state index contributed by atoms with van der Waals surface area (Å²) in [4.78, 5) is 13.9. The summed E-state index contributed by atoms with van der Waals surface area (Å²) in [7, 11) is 2.88. The molecule has 0 atom stereocenters. The number of amides is 1. The van der Waals surface area contributed by atoms with E-state index in [1.54, 1.807) is 0 Å². The summed E-state index contributed by atoms with van der Waals surface area (Å²) in [6, 6.07) is 2.46. The molecule has 1 amide bonds. The van der Waals surface area contributed by atoms with Crippen molar-refractivity contribution in [2.45, 2.75) is 37.8 Å². The zero-order chi connectivity index (χ0) is 17.7. The normalized spacial score (nSPS) is 16.1. The molecule has 0 aliphatic heterocycles. The molecule has 1 aromatic rings. The Bertz CT molecular complexity index is 647. The molecule has 1 fully saturated rings. The Morgan fingerprint density at radius 1 is 1.42 bits per heavy atom. The van der Waals surface area contributed by atoms with E-state index in [4.69, 9.17) is 15.9 Å². The maximum Gasteiger partial charge on any atom is 0.256 e. The molecule has 130 valence electrons. The maximum atomic E-state index is 14.3. The fourth-order valence-electron chi connectivity index (χ4n) is 2.93. The number of methoxy groups -OCH3 is 1. The number of terminal acetylenes is 1. The molecule has 2 rings (SSSR count). The monoisotopic (exact) mass is 335 g/mol. The first kappa shape index (κ1) is 18.1. The Balaban J connectivity index is 2.29. The van der Waals surface area contributed by atoms with Gasteiger partial charge in [0.1, 0.15) is 12.3 Å². The van der Waals surface area contributed by atoms with Gasteiger partial charge in [-0.2, -0.15) is 0 Å². The predicted octanol–water partition coefficient (Wildman–Crippen LogP) is 2.57. The van der Waals surface area contributed by atoms with Gasteiger partial charge >= 0.3 is 0 Å². The van der Waals surface area contributed by atoms with Crippen molar-refractivity contribution in [2.24, 2.45) is 0 Å². The molecule has 1 aliphatic carbocycles. The summed E-state index contributed by atoms with van der Waals surface area (Å²) in [5.41, 5.74) is -1.11. The van der Waals surface area contributed by atoms with Gasteiger partial charge in [0.2, 0.25) is 0 Å². The fourth-order valence-corrected chi connectivity index (χ4v) is 2.93. The van der Waals surface area contributed by atoms with Crippen LogP contribution in [0.25, 0.3) is 0 Å². The summed E-state index contributed by atoms with van der Waals surface area (Å²) in [6.07, 6.45) is 8.87. The molecule has 0 unspecified atom stereocenters. The lowest BCUT2D eigenvalue weighted by molar-refractivity contribution is -0.0997. The molecule has 0 heterocycles. The third-order valence-electron chi connectivity index (χ3n) is 4.36. The number of carbonyl (C=O) groups is 1. The van der Waals surface area contributed by atoms with Gasteiger partial charge in [-0.3, -0.25) is 4.79 Å². The van der Waals surface area contributed by atoms with Gasteiger partial charge < -0.3 is 19.5 Å². The number of aliphatic hydroxyl groups is 1. The number of rotatable bonds is 5. The lowest BCUT2D eigenvalue weighted by Crippen LogP contribution is -2.50. The van der Waals surface area contributed by atoms with Crippen molar-refractivity contribution in [3.63, 3.8) is 0 Å². The molecule has 0 saturated heterocycles. The van der Waals surface area contributed by atoms with Gasteiger partial charge in [0.05, 0.1) is 7.11 Å². The molecule has 1 saturated carbocycles. The van der Waals surface area contributed by atoms with E-state index in [2.05, 4.69) is 5.92 Å². The molecule has 0 bridgehead atoms. The number of benzene rings is 1. The van der Waals surface area contributed by atoms with Crippen LogP contribution in [-0.2, 0) is 0 Å². The van der Waals surface area contributed by atoms with E-state index in [0.29, 0.717) is 12.8 Å². The average molecular weight is 335 g/mol. The van der Waals surface area contributed by atoms with E-state index >= 15 is 0 Å². The first-order valence-corrected chi connectivity index (χ1v) is 7.87. The number of halogens is 1. The number of carbonyl (C=O) groups excluding carboxylic acids is 1. The third kappa shape index (κ3) is 3.62. The van der Waals surface area contributed by atoms with E-state index in [0.717, 1.165) is 25.3 Å². The summed E-state index contributed by atoms with van der Waals surface area (Å²) >= 11 is 0. The van der Waals surface area contributed by atoms with Crippen LogP contribution in [0, 0.1) is 18.2 Å². The minimum atomic E-state index is -1.20. The van der Waals surface area contributed by atoms with Crippen LogP contribution >= 0.6 is 0 Å². The molecule has 6 heteroatoms. The lowest BCUT2D eigenvalue weighted by atomic mass is 9.90. The first-order valence-electron chi connectivity index (χ1n) is 7.87. The van der Waals surface area contributed by atoms with E-state index in [-0.39, 0.29) is 23.7 Å². The Hall–Kier alpha value is -2.26. The van der Waals surface area contributed by atoms with Gasteiger partial charge in [-0.1, -0.05) is 12.3 Å². The van der Waals surface area contributed by atoms with Gasteiger partial charge in [0.15, 0.2) is 17.3 Å². The SMILES string of the molecule is C#CCOc1c(F)cc(C(=O)N(C)C2(O)CCCCC2)cc1OC. The molecule has 5 nitrogen and oxygen atoms in total. The smallest absolute Gasteiger partial charge is 0.256 e. The van der Waals surface area contributed by atoms with Crippen LogP contribution in [0.3, 0.4) is 0 Å². The van der Waals surface area contributed by atoms with Crippen LogP contribution in [0.1, 0.15) is 42.5 Å². The van der Waals surface area contributed by atoms with Crippen molar-refractivity contribution in [2.75, 3.05) is 20.8 Å². The van der Waals surface area contributed by atoms with Crippen molar-refractivity contribution in [1.82, 2.24) is 4.90 Å². The highest BCUT2D eigenvalue weighted by Gasteiger charge is 2.37. The second kappa shape index (κ2) is 7.54. The molecule has 1 aliphatic rings. The van der Waals surface area contributed by atoms with E-state index in [9.17, 15) is 14.3 Å². The predicted molar refractivity (Wildman–Crippen MR) is 87.4 cm³/mol. The molecular formula is C18H22FNO4. The number of ether oxygens (including phenoxy) is 2. The summed E-state index contributed by atoms with van der Waals surface area (Å²) in [5, 5.41) is 10.7. The lowest BCUT2D eigenvalue weighted by Gasteiger charge is -2.40. The number of hydrogen-bond acceptors (Lipinski definition) is 4. The molecular weight excluding hydrogens is 313 g/mol. The highest BCUT2D eigenvalue weighted by Crippen LogP contribution is 2.34. The molecule has 1 N–H and O–H groups in total. The molecule has 24 heavy (non-hydrogen) atoms. The number of nitrogens with zero attached hydrogens (tertiary/aromatic N) is 1. The van der Waals surface area contributed by atoms with Crippen molar-refractivity contribution in [1.29, 1.82) is 0 Å². The highest BCUT2D eigenvalue weighted by atomic mass is 19.1. The van der Waals surface area contributed by atoms with Crippen molar-refractivity contribution in [3.8, 4) is 23.8 Å². The summed E-state index contributed by atoms with van der Waals surface area (Å²) < 4.78 is 24.5. The third-order valence-corrected chi connectivity index (χ3v) is 4.36. The maximum absolute atomic E-state index is 14.3. The van der Waals surface area contributed by atoms with E-state index in [1.165, 1.54) is 25.1 Å². The van der Waals surface area contributed by atoms with Gasteiger partial charge in [-0.05, 0) is 37.8 Å². The second-order valence-electron chi connectivity index (χ2n) is 5.89. The van der Waals surface area contributed by atoms with Crippen LogP contribution in [0.2, 0.25) is 0 Å². The molecule has 0 aromatic heterocycles. The summed E-state index contributed by atoms with van der Waals surface area (Å²) in [5.74, 6) is 0.982. The van der Waals surface area contributed by atoms with Crippen molar-refractivity contribution in [3.05, 3.63) is 23.5 Å². The zero-order valence-electron chi connectivity index (χ0n) is 14.0. The minimum Gasteiger partial charge on any atom is -0.493 e. The van der Waals surface area contributed by atoms with Crippen LogP contribution in [0.5, 0.6) is 11.5 Å². The molecule has 1 aromatic carbocycles. The first-order chi connectivity index (χ1) is 11.4. The van der Waals surface area contributed by atoms with Crippen LogP contribution in [-0.4, -0.2) is 42.4 Å². The van der Waals surface area contributed by atoms with E-state index in [1.807, 2.05) is 0 Å². The van der Waals surface area contributed by atoms with Gasteiger partial charge in [-0.15, -0.1) is 6.42 Å². The fraction of sp³-hybridized carbons (Fsp3) is 0.500. The molecule has 0 radical (unpaired) electrons. The quantitative estimate of drug-likeness (QED) is 0.664. The highest BCUT2D eigenvalue weighted by molar-refractivity contribution is 5.95. The van der Waals surface area contributed by atoms with Crippen LogP contribution in [0.15, 0.2) is 12.1 Å².